The first-order valence-electron chi connectivity index (χ1n) is 12.6. The van der Waals surface area contributed by atoms with E-state index in [-0.39, 0.29) is 17.6 Å². The Morgan fingerprint density at radius 3 is 2.54 bits per heavy atom. The predicted octanol–water partition coefficient (Wildman–Crippen LogP) is 3.83. The molecule has 1 amide bonds. The highest BCUT2D eigenvalue weighted by Crippen LogP contribution is 2.52. The molecule has 0 aromatic carbocycles. The molecule has 4 bridgehead atoms. The van der Waals surface area contributed by atoms with Crippen LogP contribution in [0, 0.1) is 17.2 Å². The lowest BCUT2D eigenvalue weighted by Gasteiger charge is -2.61. The summed E-state index contributed by atoms with van der Waals surface area (Å²) in [4.78, 5) is 18.8. The Balaban J connectivity index is 1.25. The molecule has 2 aliphatic carbocycles. The zero-order chi connectivity index (χ0) is 25.3. The summed E-state index contributed by atoms with van der Waals surface area (Å²) in [7, 11) is 1.88. The van der Waals surface area contributed by atoms with Gasteiger partial charge < -0.3 is 15.3 Å². The van der Waals surface area contributed by atoms with Crippen molar-refractivity contribution in [2.24, 2.45) is 13.0 Å². The molecule has 0 radical (unpaired) electrons. The summed E-state index contributed by atoms with van der Waals surface area (Å²) in [6.45, 7) is 0. The number of hydrogen-bond donors (Lipinski definition) is 2. The predicted molar refractivity (Wildman–Crippen MR) is 136 cm³/mol. The average molecular weight is 495 g/mol. The molecule has 2 unspecified atom stereocenters. The van der Waals surface area contributed by atoms with E-state index in [0.717, 1.165) is 65.7 Å². The Morgan fingerprint density at radius 2 is 1.89 bits per heavy atom. The number of amides is 1. The van der Waals surface area contributed by atoms with E-state index in [0.29, 0.717) is 11.5 Å². The van der Waals surface area contributed by atoms with E-state index in [9.17, 15) is 15.2 Å². The minimum Gasteiger partial charge on any atom is -0.465 e. The summed E-state index contributed by atoms with van der Waals surface area (Å²) >= 11 is 0. The van der Waals surface area contributed by atoms with Crippen LogP contribution in [0.2, 0.25) is 0 Å². The second-order valence-electron chi connectivity index (χ2n) is 10.8. The van der Waals surface area contributed by atoms with E-state index < -0.39 is 6.09 Å². The number of piperidine rings is 2. The van der Waals surface area contributed by atoms with E-state index in [1.54, 1.807) is 15.4 Å². The Bertz CT molecular complexity index is 1560. The topological polar surface area (TPSA) is 124 Å². The summed E-state index contributed by atoms with van der Waals surface area (Å²) in [6, 6.07) is 9.03. The van der Waals surface area contributed by atoms with Gasteiger partial charge in [-0.3, -0.25) is 4.68 Å². The number of nitrogens with one attached hydrogen (secondary N) is 1. The summed E-state index contributed by atoms with van der Waals surface area (Å²) in [5, 5.41) is 30.7. The van der Waals surface area contributed by atoms with E-state index in [1.807, 2.05) is 31.8 Å². The highest BCUT2D eigenvalue weighted by atomic mass is 16.4. The first-order valence-corrected chi connectivity index (χ1v) is 12.6. The molecule has 10 heteroatoms. The number of pyridine rings is 2. The summed E-state index contributed by atoms with van der Waals surface area (Å²) in [5.74, 6) is 1.49. The third-order valence-corrected chi connectivity index (χ3v) is 8.40. The zero-order valence-electron chi connectivity index (χ0n) is 20.4. The van der Waals surface area contributed by atoms with Crippen molar-refractivity contribution in [1.29, 1.82) is 5.26 Å². The SMILES string of the molecule is Cn1cc(-c2cc(-c3ccc(N4[C@@H]5CC6C[C@H]4CC(NC(=O)O)(C6)C5)nc3)c3c(C#N)cnn3c2)cn1. The van der Waals surface area contributed by atoms with Gasteiger partial charge in [0.05, 0.1) is 23.5 Å². The number of aromatic nitrogens is 5. The fourth-order valence-corrected chi connectivity index (χ4v) is 7.23. The fourth-order valence-electron chi connectivity index (χ4n) is 7.23. The molecule has 4 aromatic heterocycles. The maximum Gasteiger partial charge on any atom is 0.405 e. The van der Waals surface area contributed by atoms with Crippen LogP contribution in [-0.4, -0.2) is 53.2 Å². The maximum atomic E-state index is 11.5. The van der Waals surface area contributed by atoms with Crippen molar-refractivity contribution in [2.75, 3.05) is 4.90 Å². The minimum absolute atomic E-state index is 0.289. The fraction of sp³-hybridized carbons (Fsp3) is 0.370. The second-order valence-corrected chi connectivity index (χ2v) is 10.8. The van der Waals surface area contributed by atoms with Gasteiger partial charge in [0.25, 0.3) is 0 Å². The van der Waals surface area contributed by atoms with Crippen LogP contribution in [-0.2, 0) is 7.05 Å². The van der Waals surface area contributed by atoms with Gasteiger partial charge >= 0.3 is 6.09 Å². The molecular formula is C27H26N8O2. The lowest BCUT2D eigenvalue weighted by atomic mass is 9.59. The number of aryl methyl sites for hydroxylation is 1. The maximum absolute atomic E-state index is 11.5. The Hall–Kier alpha value is -4.39. The van der Waals surface area contributed by atoms with Gasteiger partial charge in [0, 0.05) is 65.5 Å². The van der Waals surface area contributed by atoms with Gasteiger partial charge in [-0.2, -0.15) is 15.5 Å². The molecule has 6 heterocycles. The first kappa shape index (κ1) is 21.9. The molecule has 4 aromatic rings. The standard InChI is InChI=1S/C27H26N8O2/c1-33-14-20(13-30-33)18-6-23(25-19(10-28)12-31-34(25)15-18)17-2-3-24(29-11-17)35-21-4-16-5-22(35)9-27(7-16,8-21)32-26(36)37/h2-3,6,11-16,21-22,32H,4-5,7-9H2,1H3,(H,36,37)/t16?,21-,22+,27?. The van der Waals surface area contributed by atoms with Crippen molar-refractivity contribution in [3.8, 4) is 28.3 Å². The number of carbonyl (C=O) groups is 1. The number of nitrogens with zero attached hydrogens (tertiary/aromatic N) is 7. The van der Waals surface area contributed by atoms with Gasteiger partial charge in [-0.05, 0) is 56.2 Å². The lowest BCUT2D eigenvalue weighted by Crippen LogP contribution is -2.69. The van der Waals surface area contributed by atoms with E-state index >= 15 is 0 Å². The monoisotopic (exact) mass is 494 g/mol. The van der Waals surface area contributed by atoms with Crippen LogP contribution in [0.5, 0.6) is 0 Å². The van der Waals surface area contributed by atoms with Crippen molar-refractivity contribution >= 4 is 17.4 Å². The summed E-state index contributed by atoms with van der Waals surface area (Å²) in [5.41, 5.74) is 4.68. The smallest absolute Gasteiger partial charge is 0.405 e. The highest BCUT2D eigenvalue weighted by molar-refractivity contribution is 5.87. The van der Waals surface area contributed by atoms with Gasteiger partial charge in [0.2, 0.25) is 0 Å². The van der Waals surface area contributed by atoms with Crippen LogP contribution in [0.3, 0.4) is 0 Å². The number of carboxylic acid groups (broad SMARTS) is 1. The van der Waals surface area contributed by atoms with Crippen molar-refractivity contribution in [3.05, 3.63) is 54.7 Å². The number of fused-ring (bicyclic) bond motifs is 1. The Kier molecular flexibility index (Phi) is 4.61. The highest BCUT2D eigenvalue weighted by Gasteiger charge is 2.55. The van der Waals surface area contributed by atoms with E-state index in [4.69, 9.17) is 4.98 Å². The van der Waals surface area contributed by atoms with Crippen LogP contribution in [0.15, 0.2) is 49.2 Å². The number of hydrogen-bond acceptors (Lipinski definition) is 6. The molecule has 2 saturated carbocycles. The average Bonchev–Trinajstić information content (AvgIpc) is 3.48. The molecule has 37 heavy (non-hydrogen) atoms. The third kappa shape index (κ3) is 3.45. The summed E-state index contributed by atoms with van der Waals surface area (Å²) < 4.78 is 3.51. The lowest BCUT2D eigenvalue weighted by molar-refractivity contribution is 0.0404. The molecule has 4 fully saturated rings. The molecule has 8 rings (SSSR count). The summed E-state index contributed by atoms with van der Waals surface area (Å²) in [6.07, 6.45) is 13.0. The molecule has 186 valence electrons. The van der Waals surface area contributed by atoms with Crippen molar-refractivity contribution in [1.82, 2.24) is 29.7 Å². The van der Waals surface area contributed by atoms with Gasteiger partial charge in [-0.25, -0.2) is 14.3 Å². The first-order chi connectivity index (χ1) is 17.9. The molecule has 2 saturated heterocycles. The Morgan fingerprint density at radius 1 is 1.08 bits per heavy atom. The van der Waals surface area contributed by atoms with Gasteiger partial charge in [-0.1, -0.05) is 0 Å². The number of rotatable bonds is 4. The van der Waals surface area contributed by atoms with Crippen LogP contribution in [0.4, 0.5) is 10.6 Å². The normalized spacial score (nSPS) is 25.9. The molecule has 0 spiro atoms. The van der Waals surface area contributed by atoms with Crippen LogP contribution >= 0.6 is 0 Å². The van der Waals surface area contributed by atoms with Crippen molar-refractivity contribution in [2.45, 2.75) is 49.7 Å². The zero-order valence-corrected chi connectivity index (χ0v) is 20.4. The third-order valence-electron chi connectivity index (χ3n) is 8.40. The van der Waals surface area contributed by atoms with Gasteiger partial charge in [0.15, 0.2) is 0 Å². The second kappa shape index (κ2) is 7.80. The largest absolute Gasteiger partial charge is 0.465 e. The minimum atomic E-state index is -0.924. The van der Waals surface area contributed by atoms with Crippen LogP contribution in [0.1, 0.15) is 37.7 Å². The molecule has 2 N–H and O–H groups in total. The Labute approximate surface area is 213 Å². The molecule has 4 atom stereocenters. The van der Waals surface area contributed by atoms with E-state index in [1.165, 1.54) is 0 Å². The van der Waals surface area contributed by atoms with Crippen molar-refractivity contribution in [3.63, 3.8) is 0 Å². The van der Waals surface area contributed by atoms with E-state index in [2.05, 4.69) is 44.7 Å². The molecule has 4 aliphatic rings. The molecular weight excluding hydrogens is 468 g/mol. The number of nitriles is 1. The van der Waals surface area contributed by atoms with Gasteiger partial charge in [-0.15, -0.1) is 0 Å². The van der Waals surface area contributed by atoms with Crippen LogP contribution < -0.4 is 10.2 Å². The van der Waals surface area contributed by atoms with Crippen LogP contribution in [0.25, 0.3) is 27.8 Å². The number of anilines is 1. The molecule has 10 nitrogen and oxygen atoms in total. The quantitative estimate of drug-likeness (QED) is 0.442. The van der Waals surface area contributed by atoms with Crippen molar-refractivity contribution < 1.29 is 9.90 Å². The molecule has 2 aliphatic heterocycles. The van der Waals surface area contributed by atoms with Gasteiger partial charge in [0.1, 0.15) is 11.9 Å².